The molecule has 0 unspecified atom stereocenters. The molecule has 3 rings (SSSR count). The van der Waals surface area contributed by atoms with Crippen LogP contribution in [0.5, 0.6) is 0 Å². The summed E-state index contributed by atoms with van der Waals surface area (Å²) in [5, 5.41) is 3.71. The summed E-state index contributed by atoms with van der Waals surface area (Å²) < 4.78 is 36.8. The Morgan fingerprint density at radius 2 is 2.04 bits per heavy atom. The van der Waals surface area contributed by atoms with E-state index in [1.165, 1.54) is 30.7 Å². The third-order valence-electron chi connectivity index (χ3n) is 2.93. The molecule has 0 radical (unpaired) electrons. The van der Waals surface area contributed by atoms with Crippen LogP contribution in [-0.2, 0) is 0 Å². The van der Waals surface area contributed by atoms with Crippen molar-refractivity contribution in [2.75, 3.05) is 0 Å². The Labute approximate surface area is 129 Å². The summed E-state index contributed by atoms with van der Waals surface area (Å²) in [5.74, 6) is -1.27. The number of hydrogen-bond donors (Lipinski definition) is 1. The second kappa shape index (κ2) is 6.27. The first kappa shape index (κ1) is 14.7. The lowest BCUT2D eigenvalue weighted by atomic mass is 10.1. The van der Waals surface area contributed by atoms with Crippen molar-refractivity contribution in [2.45, 2.75) is 0 Å². The van der Waals surface area contributed by atoms with Crippen molar-refractivity contribution in [3.63, 3.8) is 0 Å². The molecule has 2 heterocycles. The molecule has 23 heavy (non-hydrogen) atoms. The van der Waals surface area contributed by atoms with E-state index >= 15 is 0 Å². The molecular formula is C16H10F2N2O3. The van der Waals surface area contributed by atoms with E-state index in [0.717, 1.165) is 12.1 Å². The van der Waals surface area contributed by atoms with Gasteiger partial charge in [0.2, 0.25) is 0 Å². The standard InChI is InChI=1S/C16H10F2N2O3/c17-10-3-5-12(13(18)8-10)14-6-4-11(23-14)9-19-20-16(21)15-2-1-7-22-15/h1-9H,(H,20,21)/b19-9+. The molecule has 1 amide bonds. The number of hydrazone groups is 1. The Hall–Kier alpha value is -3.22. The topological polar surface area (TPSA) is 67.7 Å². The van der Waals surface area contributed by atoms with Gasteiger partial charge in [0.1, 0.15) is 23.2 Å². The summed E-state index contributed by atoms with van der Waals surface area (Å²) in [7, 11) is 0. The quantitative estimate of drug-likeness (QED) is 0.591. The molecule has 5 nitrogen and oxygen atoms in total. The Balaban J connectivity index is 1.70. The number of benzene rings is 1. The maximum Gasteiger partial charge on any atom is 0.307 e. The number of hydrogen-bond acceptors (Lipinski definition) is 4. The smallest absolute Gasteiger partial charge is 0.307 e. The van der Waals surface area contributed by atoms with E-state index in [1.54, 1.807) is 12.1 Å². The highest BCUT2D eigenvalue weighted by Gasteiger charge is 2.10. The second-order valence-corrected chi connectivity index (χ2v) is 4.50. The fraction of sp³-hybridized carbons (Fsp3) is 0. The Morgan fingerprint density at radius 3 is 2.78 bits per heavy atom. The predicted molar refractivity (Wildman–Crippen MR) is 77.8 cm³/mol. The molecule has 2 aromatic heterocycles. The van der Waals surface area contributed by atoms with Gasteiger partial charge in [0.15, 0.2) is 5.76 Å². The minimum Gasteiger partial charge on any atom is -0.459 e. The molecular weight excluding hydrogens is 306 g/mol. The van der Waals surface area contributed by atoms with Crippen LogP contribution in [-0.4, -0.2) is 12.1 Å². The minimum absolute atomic E-state index is 0.121. The van der Waals surface area contributed by atoms with Crippen LogP contribution in [0.1, 0.15) is 16.3 Å². The summed E-state index contributed by atoms with van der Waals surface area (Å²) in [4.78, 5) is 11.6. The lowest BCUT2D eigenvalue weighted by Gasteiger charge is -1.99. The van der Waals surface area contributed by atoms with Crippen molar-refractivity contribution in [3.05, 3.63) is 71.9 Å². The molecule has 0 spiro atoms. The maximum atomic E-state index is 13.7. The number of nitrogens with one attached hydrogen (secondary N) is 1. The molecule has 0 saturated heterocycles. The molecule has 7 heteroatoms. The average Bonchev–Trinajstić information content (AvgIpc) is 3.18. The molecule has 0 aliphatic carbocycles. The fourth-order valence-corrected chi connectivity index (χ4v) is 1.87. The van der Waals surface area contributed by atoms with Gasteiger partial charge in [0.25, 0.3) is 0 Å². The van der Waals surface area contributed by atoms with Crippen molar-refractivity contribution in [1.29, 1.82) is 0 Å². The van der Waals surface area contributed by atoms with Crippen molar-refractivity contribution in [3.8, 4) is 11.3 Å². The molecule has 0 bridgehead atoms. The largest absolute Gasteiger partial charge is 0.459 e. The number of halogens is 2. The van der Waals surface area contributed by atoms with E-state index in [4.69, 9.17) is 8.83 Å². The van der Waals surface area contributed by atoms with Gasteiger partial charge in [-0.2, -0.15) is 5.10 Å². The van der Waals surface area contributed by atoms with E-state index in [0.29, 0.717) is 5.76 Å². The van der Waals surface area contributed by atoms with Gasteiger partial charge in [-0.3, -0.25) is 4.79 Å². The summed E-state index contributed by atoms with van der Waals surface area (Å²) in [5.41, 5.74) is 2.38. The van der Waals surface area contributed by atoms with E-state index in [9.17, 15) is 13.6 Å². The van der Waals surface area contributed by atoms with E-state index < -0.39 is 17.5 Å². The van der Waals surface area contributed by atoms with Crippen molar-refractivity contribution in [2.24, 2.45) is 5.10 Å². The molecule has 1 N–H and O–H groups in total. The zero-order valence-electron chi connectivity index (χ0n) is 11.6. The SMILES string of the molecule is O=C(N/N=C/c1ccc(-c2ccc(F)cc2F)o1)c1ccco1. The summed E-state index contributed by atoms with van der Waals surface area (Å²) in [6.07, 6.45) is 2.63. The van der Waals surface area contributed by atoms with Crippen molar-refractivity contribution >= 4 is 12.1 Å². The van der Waals surface area contributed by atoms with Crippen molar-refractivity contribution in [1.82, 2.24) is 5.43 Å². The van der Waals surface area contributed by atoms with E-state index in [1.807, 2.05) is 0 Å². The molecule has 0 saturated carbocycles. The number of carbonyl (C=O) groups is 1. The van der Waals surface area contributed by atoms with Crippen LogP contribution in [0.25, 0.3) is 11.3 Å². The van der Waals surface area contributed by atoms with Gasteiger partial charge < -0.3 is 8.83 Å². The van der Waals surface area contributed by atoms with Gasteiger partial charge in [-0.25, -0.2) is 14.2 Å². The first-order valence-corrected chi connectivity index (χ1v) is 6.55. The third-order valence-corrected chi connectivity index (χ3v) is 2.93. The average molecular weight is 316 g/mol. The molecule has 0 aliphatic rings. The van der Waals surface area contributed by atoms with Gasteiger partial charge in [-0.05, 0) is 36.4 Å². The molecule has 0 atom stereocenters. The van der Waals surface area contributed by atoms with Crippen LogP contribution >= 0.6 is 0 Å². The second-order valence-electron chi connectivity index (χ2n) is 4.50. The fourth-order valence-electron chi connectivity index (χ4n) is 1.87. The van der Waals surface area contributed by atoms with E-state index in [2.05, 4.69) is 10.5 Å². The van der Waals surface area contributed by atoms with Crippen LogP contribution in [0.3, 0.4) is 0 Å². The zero-order chi connectivity index (χ0) is 16.2. The number of carbonyl (C=O) groups excluding carboxylic acids is 1. The number of amides is 1. The number of rotatable bonds is 4. The normalized spacial score (nSPS) is 11.0. The lowest BCUT2D eigenvalue weighted by Crippen LogP contribution is -2.16. The summed E-state index contributed by atoms with van der Waals surface area (Å²) in [6.45, 7) is 0. The number of nitrogens with zero attached hydrogens (tertiary/aromatic N) is 1. The highest BCUT2D eigenvalue weighted by atomic mass is 19.1. The minimum atomic E-state index is -0.728. The summed E-state index contributed by atoms with van der Waals surface area (Å²) >= 11 is 0. The Bertz CT molecular complexity index is 854. The lowest BCUT2D eigenvalue weighted by molar-refractivity contribution is 0.0927. The van der Waals surface area contributed by atoms with Crippen molar-refractivity contribution < 1.29 is 22.4 Å². The summed E-state index contributed by atoms with van der Waals surface area (Å²) in [6, 6.07) is 9.32. The van der Waals surface area contributed by atoms with Crippen LogP contribution in [0.15, 0.2) is 62.7 Å². The number of furan rings is 2. The molecule has 1 aromatic carbocycles. The van der Waals surface area contributed by atoms with Crippen LogP contribution < -0.4 is 5.43 Å². The monoisotopic (exact) mass is 316 g/mol. The molecule has 116 valence electrons. The third kappa shape index (κ3) is 3.34. The Kier molecular flexibility index (Phi) is 4.01. The molecule has 0 aliphatic heterocycles. The first-order valence-electron chi connectivity index (χ1n) is 6.55. The van der Waals surface area contributed by atoms with Crippen LogP contribution in [0, 0.1) is 11.6 Å². The van der Waals surface area contributed by atoms with Gasteiger partial charge in [0, 0.05) is 6.07 Å². The molecule has 0 fully saturated rings. The predicted octanol–water partition coefficient (Wildman–Crippen LogP) is 3.58. The highest BCUT2D eigenvalue weighted by Crippen LogP contribution is 2.25. The van der Waals surface area contributed by atoms with Gasteiger partial charge in [0.05, 0.1) is 18.0 Å². The maximum absolute atomic E-state index is 13.7. The Morgan fingerprint density at radius 1 is 1.17 bits per heavy atom. The zero-order valence-corrected chi connectivity index (χ0v) is 11.6. The van der Waals surface area contributed by atoms with Gasteiger partial charge in [-0.15, -0.1) is 0 Å². The van der Waals surface area contributed by atoms with E-state index in [-0.39, 0.29) is 17.1 Å². The highest BCUT2D eigenvalue weighted by molar-refractivity contribution is 5.92. The first-order chi connectivity index (χ1) is 11.1. The van der Waals surface area contributed by atoms with Crippen LogP contribution in [0.2, 0.25) is 0 Å². The molecule has 3 aromatic rings. The van der Waals surface area contributed by atoms with Crippen LogP contribution in [0.4, 0.5) is 8.78 Å². The van der Waals surface area contributed by atoms with Gasteiger partial charge in [-0.1, -0.05) is 0 Å². The van der Waals surface area contributed by atoms with Gasteiger partial charge >= 0.3 is 5.91 Å².